The lowest BCUT2D eigenvalue weighted by Gasteiger charge is -2.25. The Morgan fingerprint density at radius 2 is 1.95 bits per heavy atom. The summed E-state index contributed by atoms with van der Waals surface area (Å²) < 4.78 is 0. The van der Waals surface area contributed by atoms with Gasteiger partial charge in [0.1, 0.15) is 5.75 Å². The van der Waals surface area contributed by atoms with Crippen molar-refractivity contribution in [1.82, 2.24) is 4.90 Å². The lowest BCUT2D eigenvalue weighted by molar-refractivity contribution is 0.248. The number of hydrogen-bond donors (Lipinski definition) is 2. The highest BCUT2D eigenvalue weighted by atomic mass is 16.3. The molecule has 20 heavy (non-hydrogen) atoms. The van der Waals surface area contributed by atoms with Gasteiger partial charge >= 0.3 is 0 Å². The van der Waals surface area contributed by atoms with Gasteiger partial charge in [-0.3, -0.25) is 4.90 Å². The van der Waals surface area contributed by atoms with E-state index in [1.54, 1.807) is 6.07 Å². The van der Waals surface area contributed by atoms with Gasteiger partial charge in [-0.1, -0.05) is 36.4 Å². The van der Waals surface area contributed by atoms with E-state index in [0.717, 1.165) is 18.7 Å². The molecule has 3 N–H and O–H groups in total. The third-order valence-corrected chi connectivity index (χ3v) is 4.03. The zero-order valence-corrected chi connectivity index (χ0v) is 11.5. The van der Waals surface area contributed by atoms with Gasteiger partial charge < -0.3 is 10.8 Å². The first-order chi connectivity index (χ1) is 9.74. The third-order valence-electron chi connectivity index (χ3n) is 4.03. The van der Waals surface area contributed by atoms with Crippen LogP contribution in [0.4, 0.5) is 5.69 Å². The highest BCUT2D eigenvalue weighted by molar-refractivity contribution is 5.53. The van der Waals surface area contributed by atoms with Crippen LogP contribution in [0.15, 0.2) is 48.5 Å². The molecule has 2 aromatic rings. The number of rotatable bonds is 3. The maximum atomic E-state index is 9.50. The lowest BCUT2D eigenvalue weighted by Crippen LogP contribution is -2.22. The Hall–Kier alpha value is -2.00. The minimum atomic E-state index is 0.162. The van der Waals surface area contributed by atoms with E-state index < -0.39 is 0 Å². The number of aromatic hydroxyl groups is 1. The number of phenols is 1. The topological polar surface area (TPSA) is 49.5 Å². The number of likely N-dealkylation sites (tertiary alicyclic amines) is 1. The average Bonchev–Trinajstić information content (AvgIpc) is 2.92. The van der Waals surface area contributed by atoms with Gasteiger partial charge in [-0.15, -0.1) is 0 Å². The second-order valence-corrected chi connectivity index (χ2v) is 5.43. The number of nitrogens with zero attached hydrogens (tertiary/aromatic N) is 1. The van der Waals surface area contributed by atoms with Crippen LogP contribution in [-0.4, -0.2) is 16.6 Å². The maximum Gasteiger partial charge on any atom is 0.138 e. The summed E-state index contributed by atoms with van der Waals surface area (Å²) in [7, 11) is 0. The van der Waals surface area contributed by atoms with Crippen molar-refractivity contribution >= 4 is 5.69 Å². The molecule has 1 unspecified atom stereocenters. The summed E-state index contributed by atoms with van der Waals surface area (Å²) in [5.74, 6) is 0.162. The van der Waals surface area contributed by atoms with Crippen molar-refractivity contribution in [2.75, 3.05) is 12.3 Å². The van der Waals surface area contributed by atoms with Gasteiger partial charge in [0.2, 0.25) is 0 Å². The Morgan fingerprint density at radius 3 is 2.70 bits per heavy atom. The van der Waals surface area contributed by atoms with E-state index in [1.807, 2.05) is 12.1 Å². The minimum absolute atomic E-state index is 0.162. The molecule has 0 spiro atoms. The predicted molar refractivity (Wildman–Crippen MR) is 81.3 cm³/mol. The normalized spacial score (nSPS) is 19.3. The van der Waals surface area contributed by atoms with Crippen LogP contribution in [0, 0.1) is 0 Å². The van der Waals surface area contributed by atoms with Crippen LogP contribution in [-0.2, 0) is 6.54 Å². The van der Waals surface area contributed by atoms with Crippen molar-refractivity contribution in [1.29, 1.82) is 0 Å². The van der Waals surface area contributed by atoms with E-state index in [1.165, 1.54) is 18.4 Å². The largest absolute Gasteiger partial charge is 0.506 e. The Labute approximate surface area is 119 Å². The van der Waals surface area contributed by atoms with E-state index in [2.05, 4.69) is 35.2 Å². The van der Waals surface area contributed by atoms with E-state index >= 15 is 0 Å². The molecule has 0 aliphatic carbocycles. The summed E-state index contributed by atoms with van der Waals surface area (Å²) in [6, 6.07) is 16.7. The van der Waals surface area contributed by atoms with Crippen molar-refractivity contribution in [3.05, 3.63) is 59.7 Å². The number of hydrogen-bond acceptors (Lipinski definition) is 3. The summed E-state index contributed by atoms with van der Waals surface area (Å²) >= 11 is 0. The summed E-state index contributed by atoms with van der Waals surface area (Å²) in [5.41, 5.74) is 8.77. The first-order valence-corrected chi connectivity index (χ1v) is 7.10. The molecule has 104 valence electrons. The summed E-state index contributed by atoms with van der Waals surface area (Å²) in [4.78, 5) is 2.49. The molecular weight excluding hydrogens is 248 g/mol. The fraction of sp³-hybridized carbons (Fsp3) is 0.294. The molecule has 1 fully saturated rings. The van der Waals surface area contributed by atoms with Gasteiger partial charge in [-0.2, -0.15) is 0 Å². The first kappa shape index (κ1) is 13.0. The highest BCUT2D eigenvalue weighted by Crippen LogP contribution is 2.33. The van der Waals surface area contributed by atoms with E-state index in [-0.39, 0.29) is 5.75 Å². The molecule has 3 heteroatoms. The first-order valence-electron chi connectivity index (χ1n) is 7.10. The van der Waals surface area contributed by atoms with Crippen LogP contribution in [0.2, 0.25) is 0 Å². The molecule has 0 aromatic heterocycles. The minimum Gasteiger partial charge on any atom is -0.506 e. The Morgan fingerprint density at radius 1 is 1.15 bits per heavy atom. The summed E-state index contributed by atoms with van der Waals surface area (Å²) in [5, 5.41) is 9.50. The molecule has 2 aromatic carbocycles. The van der Waals surface area contributed by atoms with Crippen molar-refractivity contribution in [3.8, 4) is 5.75 Å². The van der Waals surface area contributed by atoms with Gasteiger partial charge in [-0.25, -0.2) is 0 Å². The predicted octanol–water partition coefficient (Wildman–Crippen LogP) is 3.31. The molecule has 0 amide bonds. The van der Waals surface area contributed by atoms with Gasteiger partial charge in [0.25, 0.3) is 0 Å². The van der Waals surface area contributed by atoms with E-state index in [9.17, 15) is 5.11 Å². The van der Waals surface area contributed by atoms with Gasteiger partial charge in [0, 0.05) is 12.6 Å². The molecule has 3 nitrogen and oxygen atoms in total. The van der Waals surface area contributed by atoms with Gasteiger partial charge in [0.15, 0.2) is 0 Å². The molecule has 1 aliphatic heterocycles. The van der Waals surface area contributed by atoms with Crippen molar-refractivity contribution in [2.45, 2.75) is 25.4 Å². The molecular formula is C17H20N2O. The lowest BCUT2D eigenvalue weighted by atomic mass is 10.0. The number of nitrogens with two attached hydrogens (primary N) is 1. The fourth-order valence-electron chi connectivity index (χ4n) is 3.00. The van der Waals surface area contributed by atoms with Crippen molar-refractivity contribution in [3.63, 3.8) is 0 Å². The van der Waals surface area contributed by atoms with Crippen LogP contribution in [0.25, 0.3) is 0 Å². The van der Waals surface area contributed by atoms with Crippen LogP contribution >= 0.6 is 0 Å². The number of anilines is 1. The van der Waals surface area contributed by atoms with E-state index in [4.69, 9.17) is 5.73 Å². The second-order valence-electron chi connectivity index (χ2n) is 5.43. The molecule has 0 bridgehead atoms. The summed E-state index contributed by atoms with van der Waals surface area (Å²) in [6.07, 6.45) is 2.44. The fourth-order valence-corrected chi connectivity index (χ4v) is 3.00. The van der Waals surface area contributed by atoms with Crippen LogP contribution in [0.1, 0.15) is 30.0 Å². The quantitative estimate of drug-likeness (QED) is 0.663. The van der Waals surface area contributed by atoms with E-state index in [0.29, 0.717) is 11.7 Å². The molecule has 1 aliphatic rings. The Kier molecular flexibility index (Phi) is 3.61. The van der Waals surface area contributed by atoms with Crippen LogP contribution < -0.4 is 5.73 Å². The van der Waals surface area contributed by atoms with Crippen LogP contribution in [0.5, 0.6) is 5.75 Å². The van der Waals surface area contributed by atoms with Gasteiger partial charge in [0.05, 0.1) is 5.69 Å². The highest BCUT2D eigenvalue weighted by Gasteiger charge is 2.25. The smallest absolute Gasteiger partial charge is 0.138 e. The summed E-state index contributed by atoms with van der Waals surface area (Å²) in [6.45, 7) is 1.99. The molecule has 0 radical (unpaired) electrons. The van der Waals surface area contributed by atoms with Gasteiger partial charge in [-0.05, 0) is 42.6 Å². The van der Waals surface area contributed by atoms with Crippen molar-refractivity contribution in [2.24, 2.45) is 0 Å². The Balaban J connectivity index is 1.77. The number of phenolic OH excluding ortho intramolecular Hbond substituents is 1. The third kappa shape index (κ3) is 2.63. The second kappa shape index (κ2) is 5.55. The Bertz CT molecular complexity index is 583. The zero-order valence-electron chi connectivity index (χ0n) is 11.5. The zero-order chi connectivity index (χ0) is 13.9. The molecule has 3 rings (SSSR count). The molecule has 1 atom stereocenters. The maximum absolute atomic E-state index is 9.50. The number of benzene rings is 2. The van der Waals surface area contributed by atoms with Crippen molar-refractivity contribution < 1.29 is 5.11 Å². The molecule has 1 saturated heterocycles. The standard InChI is InChI=1S/C17H20N2O/c18-15-11-13(8-9-17(15)20)12-19-10-4-7-16(19)14-5-2-1-3-6-14/h1-3,5-6,8-9,11,16,20H,4,7,10,12,18H2. The number of nitrogen functional groups attached to an aromatic ring is 1. The molecule has 0 saturated carbocycles. The average molecular weight is 268 g/mol. The SMILES string of the molecule is Nc1cc(CN2CCCC2c2ccccc2)ccc1O. The van der Waals surface area contributed by atoms with Crippen LogP contribution in [0.3, 0.4) is 0 Å². The molecule has 1 heterocycles. The monoisotopic (exact) mass is 268 g/mol.